The van der Waals surface area contributed by atoms with Crippen LogP contribution in [0.4, 0.5) is 0 Å². The molecule has 0 aromatic heterocycles. The van der Waals surface area contributed by atoms with Crippen molar-refractivity contribution in [3.63, 3.8) is 0 Å². The lowest BCUT2D eigenvalue weighted by Gasteiger charge is -2.11. The molecule has 1 N–H and O–H groups in total. The number of rotatable bonds is 5. The molecular formula is C16H23NO3S. The number of carbonyl (C=O) groups is 1. The van der Waals surface area contributed by atoms with Crippen molar-refractivity contribution >= 4 is 15.7 Å². The average molecular weight is 309 g/mol. The molecule has 1 aliphatic heterocycles. The number of amides is 1. The minimum absolute atomic E-state index is 0.113. The van der Waals surface area contributed by atoms with E-state index in [1.54, 1.807) is 0 Å². The Labute approximate surface area is 126 Å². The van der Waals surface area contributed by atoms with Gasteiger partial charge >= 0.3 is 0 Å². The van der Waals surface area contributed by atoms with E-state index >= 15 is 0 Å². The van der Waals surface area contributed by atoms with Crippen LogP contribution in [0.2, 0.25) is 0 Å². The second-order valence-electron chi connectivity index (χ2n) is 6.01. The van der Waals surface area contributed by atoms with Gasteiger partial charge in [0.2, 0.25) is 5.91 Å². The van der Waals surface area contributed by atoms with Crippen LogP contribution in [0.5, 0.6) is 0 Å². The Morgan fingerprint density at radius 1 is 1.38 bits per heavy atom. The maximum Gasteiger partial charge on any atom is 0.224 e. The van der Waals surface area contributed by atoms with Gasteiger partial charge in [-0.15, -0.1) is 0 Å². The summed E-state index contributed by atoms with van der Waals surface area (Å²) in [6.45, 7) is 4.47. The van der Waals surface area contributed by atoms with Crippen molar-refractivity contribution < 1.29 is 13.2 Å². The topological polar surface area (TPSA) is 63.2 Å². The van der Waals surface area contributed by atoms with E-state index in [0.29, 0.717) is 25.2 Å². The molecule has 0 radical (unpaired) electrons. The van der Waals surface area contributed by atoms with Crippen molar-refractivity contribution in [1.82, 2.24) is 5.32 Å². The third-order valence-electron chi connectivity index (χ3n) is 3.97. The van der Waals surface area contributed by atoms with Crippen molar-refractivity contribution in [3.05, 3.63) is 35.4 Å². The summed E-state index contributed by atoms with van der Waals surface area (Å²) in [4.78, 5) is 12.0. The summed E-state index contributed by atoms with van der Waals surface area (Å²) in [6, 6.07) is 7.98. The number of nitrogens with one attached hydrogen (secondary N) is 1. The molecule has 0 aliphatic carbocycles. The third-order valence-corrected chi connectivity index (χ3v) is 6.25. The zero-order valence-electron chi connectivity index (χ0n) is 12.6. The minimum atomic E-state index is -2.99. The molecule has 1 heterocycles. The first-order valence-corrected chi connectivity index (χ1v) is 9.17. The Balaban J connectivity index is 1.89. The number of benzene rings is 1. The smallest absolute Gasteiger partial charge is 0.224 e. The Morgan fingerprint density at radius 3 is 2.76 bits per heavy atom. The highest BCUT2D eigenvalue weighted by atomic mass is 32.2. The molecule has 1 aliphatic rings. The summed E-state index contributed by atoms with van der Waals surface area (Å²) in [7, 11) is -2.99. The van der Waals surface area contributed by atoms with Crippen LogP contribution in [0.3, 0.4) is 0 Å². The van der Waals surface area contributed by atoms with E-state index in [2.05, 4.69) is 25.2 Å². The van der Waals surface area contributed by atoms with E-state index in [4.69, 9.17) is 0 Å². The average Bonchev–Trinajstić information content (AvgIpc) is 2.75. The number of hydrogen-bond donors (Lipinski definition) is 1. The van der Waals surface area contributed by atoms with Gasteiger partial charge < -0.3 is 5.32 Å². The monoisotopic (exact) mass is 309 g/mol. The number of carbonyl (C=O) groups excluding carboxylic acids is 1. The summed E-state index contributed by atoms with van der Waals surface area (Å²) in [5.41, 5.74) is 2.17. The van der Waals surface area contributed by atoms with Crippen LogP contribution < -0.4 is 5.32 Å². The fourth-order valence-electron chi connectivity index (χ4n) is 2.63. The van der Waals surface area contributed by atoms with Crippen molar-refractivity contribution in [2.75, 3.05) is 12.3 Å². The van der Waals surface area contributed by atoms with Crippen molar-refractivity contribution in [3.8, 4) is 0 Å². The van der Waals surface area contributed by atoms with Gasteiger partial charge in [0.15, 0.2) is 9.84 Å². The molecule has 116 valence electrons. The van der Waals surface area contributed by atoms with Gasteiger partial charge in [-0.25, -0.2) is 8.42 Å². The third kappa shape index (κ3) is 4.30. The lowest BCUT2D eigenvalue weighted by atomic mass is 10.00. The lowest BCUT2D eigenvalue weighted by molar-refractivity contribution is -0.120. The van der Waals surface area contributed by atoms with Gasteiger partial charge in [0.1, 0.15) is 0 Å². The van der Waals surface area contributed by atoms with Crippen LogP contribution in [0.25, 0.3) is 0 Å². The Bertz CT molecular complexity index is 608. The van der Waals surface area contributed by atoms with Gasteiger partial charge in [0, 0.05) is 6.54 Å². The Morgan fingerprint density at radius 2 is 2.14 bits per heavy atom. The van der Waals surface area contributed by atoms with Crippen molar-refractivity contribution in [1.29, 1.82) is 0 Å². The van der Waals surface area contributed by atoms with Crippen LogP contribution in [-0.2, 0) is 21.1 Å². The molecule has 0 spiro atoms. The summed E-state index contributed by atoms with van der Waals surface area (Å²) in [5, 5.41) is 2.36. The van der Waals surface area contributed by atoms with Crippen molar-refractivity contribution in [2.24, 2.45) is 0 Å². The van der Waals surface area contributed by atoms with E-state index in [9.17, 15) is 13.2 Å². The second-order valence-corrected chi connectivity index (χ2v) is 8.41. The van der Waals surface area contributed by atoms with Crippen LogP contribution in [0, 0.1) is 0 Å². The standard InChI is InChI=1S/C16H23NO3S/c1-12(2)14-6-3-5-13(9-14)10-16(18)17-11-15-7-4-8-21(15,19)20/h3,5-6,9,12,15H,4,7-8,10-11H2,1-2H3,(H,17,18). The highest BCUT2D eigenvalue weighted by molar-refractivity contribution is 7.92. The molecule has 0 bridgehead atoms. The van der Waals surface area contributed by atoms with E-state index in [1.165, 1.54) is 5.56 Å². The van der Waals surface area contributed by atoms with Gasteiger partial charge in [-0.1, -0.05) is 38.1 Å². The number of sulfone groups is 1. The zero-order chi connectivity index (χ0) is 15.5. The summed E-state index contributed by atoms with van der Waals surface area (Å²) in [6.07, 6.45) is 1.66. The van der Waals surface area contributed by atoms with Gasteiger partial charge in [-0.2, -0.15) is 0 Å². The lowest BCUT2D eigenvalue weighted by Crippen LogP contribution is -2.35. The molecule has 1 amide bonds. The van der Waals surface area contributed by atoms with Gasteiger partial charge in [-0.05, 0) is 29.9 Å². The molecule has 1 atom stereocenters. The first-order chi connectivity index (χ1) is 9.88. The SMILES string of the molecule is CC(C)c1cccc(CC(=O)NCC2CCCS2(=O)=O)c1. The Kier molecular flexibility index (Phi) is 5.04. The molecule has 1 aromatic rings. The maximum atomic E-state index is 12.0. The maximum absolute atomic E-state index is 12.0. The highest BCUT2D eigenvalue weighted by Gasteiger charge is 2.31. The summed E-state index contributed by atoms with van der Waals surface area (Å²) in [5.74, 6) is 0.568. The van der Waals surface area contributed by atoms with Crippen LogP contribution in [0.1, 0.15) is 43.7 Å². The van der Waals surface area contributed by atoms with E-state index in [0.717, 1.165) is 5.56 Å². The van der Waals surface area contributed by atoms with Crippen LogP contribution in [-0.4, -0.2) is 31.9 Å². The van der Waals surface area contributed by atoms with E-state index in [-0.39, 0.29) is 18.2 Å². The molecule has 4 nitrogen and oxygen atoms in total. The fraction of sp³-hybridized carbons (Fsp3) is 0.562. The molecular weight excluding hydrogens is 286 g/mol. The summed E-state index contributed by atoms with van der Waals surface area (Å²) < 4.78 is 23.4. The van der Waals surface area contributed by atoms with Gasteiger partial charge in [0.05, 0.1) is 17.4 Å². The molecule has 1 fully saturated rings. The number of hydrogen-bond acceptors (Lipinski definition) is 3. The van der Waals surface area contributed by atoms with Crippen molar-refractivity contribution in [2.45, 2.75) is 44.3 Å². The van der Waals surface area contributed by atoms with Crippen LogP contribution >= 0.6 is 0 Å². The van der Waals surface area contributed by atoms with Gasteiger partial charge in [0.25, 0.3) is 0 Å². The van der Waals surface area contributed by atoms with Gasteiger partial charge in [-0.3, -0.25) is 4.79 Å². The first kappa shape index (κ1) is 16.0. The Hall–Kier alpha value is -1.36. The zero-order valence-corrected chi connectivity index (χ0v) is 13.4. The molecule has 1 unspecified atom stereocenters. The molecule has 1 saturated heterocycles. The molecule has 2 rings (SSSR count). The highest BCUT2D eigenvalue weighted by Crippen LogP contribution is 2.19. The second kappa shape index (κ2) is 6.60. The molecule has 1 aromatic carbocycles. The van der Waals surface area contributed by atoms with E-state index in [1.807, 2.05) is 18.2 Å². The summed E-state index contributed by atoms with van der Waals surface area (Å²) >= 11 is 0. The minimum Gasteiger partial charge on any atom is -0.355 e. The quantitative estimate of drug-likeness (QED) is 0.905. The molecule has 0 saturated carbocycles. The molecule has 5 heteroatoms. The molecule has 21 heavy (non-hydrogen) atoms. The van der Waals surface area contributed by atoms with Crippen LogP contribution in [0.15, 0.2) is 24.3 Å². The predicted molar refractivity (Wildman–Crippen MR) is 84.1 cm³/mol. The normalized spacial score (nSPS) is 20.6. The van der Waals surface area contributed by atoms with E-state index < -0.39 is 15.1 Å². The fourth-order valence-corrected chi connectivity index (χ4v) is 4.39. The largest absolute Gasteiger partial charge is 0.355 e. The predicted octanol–water partition coefficient (Wildman–Crippen LogP) is 2.05. The first-order valence-electron chi connectivity index (χ1n) is 7.45.